The second kappa shape index (κ2) is 5.93. The van der Waals surface area contributed by atoms with Crippen molar-refractivity contribution in [2.45, 2.75) is 12.8 Å². The van der Waals surface area contributed by atoms with Crippen molar-refractivity contribution in [3.8, 4) is 11.5 Å². The summed E-state index contributed by atoms with van der Waals surface area (Å²) < 4.78 is 4.95. The summed E-state index contributed by atoms with van der Waals surface area (Å²) in [5.41, 5.74) is 0.459. The topological polar surface area (TPSA) is 70.0 Å². The van der Waals surface area contributed by atoms with Crippen LogP contribution in [0.5, 0.6) is 11.5 Å². The van der Waals surface area contributed by atoms with E-state index in [1.807, 2.05) is 0 Å². The average molecular weight is 265 g/mol. The number of ether oxygens (including phenoxy) is 1. The van der Waals surface area contributed by atoms with Crippen LogP contribution in [0.2, 0.25) is 0 Å². The third kappa shape index (κ3) is 2.98. The Labute approximate surface area is 112 Å². The van der Waals surface area contributed by atoms with Gasteiger partial charge in [-0.25, -0.2) is 0 Å². The smallest absolute Gasteiger partial charge is 0.253 e. The molecule has 5 nitrogen and oxygen atoms in total. The van der Waals surface area contributed by atoms with Crippen molar-refractivity contribution in [1.82, 2.24) is 4.90 Å². The maximum absolute atomic E-state index is 12.3. The summed E-state index contributed by atoms with van der Waals surface area (Å²) in [5, 5.41) is 18.8. The number of carbonyl (C=O) groups is 1. The van der Waals surface area contributed by atoms with Crippen LogP contribution in [-0.4, -0.2) is 47.8 Å². The number of methoxy groups -OCH3 is 1. The molecule has 1 aliphatic heterocycles. The van der Waals surface area contributed by atoms with E-state index in [-0.39, 0.29) is 18.3 Å². The molecule has 0 atom stereocenters. The minimum Gasteiger partial charge on any atom is -0.504 e. The quantitative estimate of drug-likeness (QED) is 0.863. The van der Waals surface area contributed by atoms with E-state index in [0.717, 1.165) is 12.8 Å². The van der Waals surface area contributed by atoms with Crippen LogP contribution in [0.25, 0.3) is 0 Å². The van der Waals surface area contributed by atoms with Crippen molar-refractivity contribution in [3.05, 3.63) is 23.8 Å². The van der Waals surface area contributed by atoms with Crippen molar-refractivity contribution < 1.29 is 19.7 Å². The first kappa shape index (κ1) is 13.7. The van der Waals surface area contributed by atoms with E-state index in [1.54, 1.807) is 17.0 Å². The van der Waals surface area contributed by atoms with Gasteiger partial charge in [-0.2, -0.15) is 0 Å². The van der Waals surface area contributed by atoms with Crippen LogP contribution < -0.4 is 4.74 Å². The van der Waals surface area contributed by atoms with Gasteiger partial charge in [0.25, 0.3) is 5.91 Å². The van der Waals surface area contributed by atoms with Crippen LogP contribution in [0.15, 0.2) is 18.2 Å². The number of phenolic OH excluding ortho intramolecular Hbond substituents is 1. The second-order valence-electron chi connectivity index (χ2n) is 4.80. The molecule has 1 heterocycles. The normalized spacial score (nSPS) is 16.4. The fourth-order valence-electron chi connectivity index (χ4n) is 2.32. The molecule has 0 radical (unpaired) electrons. The summed E-state index contributed by atoms with van der Waals surface area (Å²) in [6, 6.07) is 4.67. The van der Waals surface area contributed by atoms with Crippen molar-refractivity contribution in [1.29, 1.82) is 0 Å². The standard InChI is InChI=1S/C14H19NO4/c1-19-13-3-2-11(8-12(13)17)14(18)15-6-4-10(9-16)5-7-15/h2-3,8,10,16-17H,4-7,9H2,1H3. The zero-order valence-electron chi connectivity index (χ0n) is 11.0. The number of phenols is 1. The predicted molar refractivity (Wildman–Crippen MR) is 70.4 cm³/mol. The Morgan fingerprint density at radius 3 is 2.63 bits per heavy atom. The number of benzene rings is 1. The first-order chi connectivity index (χ1) is 9.15. The molecule has 5 heteroatoms. The van der Waals surface area contributed by atoms with Gasteiger partial charge < -0.3 is 19.8 Å². The summed E-state index contributed by atoms with van der Waals surface area (Å²) in [6.07, 6.45) is 1.65. The molecule has 0 saturated carbocycles. The van der Waals surface area contributed by atoms with Crippen molar-refractivity contribution in [3.63, 3.8) is 0 Å². The van der Waals surface area contributed by atoms with Crippen molar-refractivity contribution >= 4 is 5.91 Å². The van der Waals surface area contributed by atoms with Crippen LogP contribution in [0.4, 0.5) is 0 Å². The van der Waals surface area contributed by atoms with Gasteiger partial charge in [0, 0.05) is 25.3 Å². The highest BCUT2D eigenvalue weighted by Crippen LogP contribution is 2.27. The van der Waals surface area contributed by atoms with Crippen molar-refractivity contribution in [2.24, 2.45) is 5.92 Å². The fraction of sp³-hybridized carbons (Fsp3) is 0.500. The molecule has 2 N–H and O–H groups in total. The number of likely N-dealkylation sites (tertiary alicyclic amines) is 1. The van der Waals surface area contributed by atoms with Crippen LogP contribution in [0.1, 0.15) is 23.2 Å². The van der Waals surface area contributed by atoms with E-state index in [2.05, 4.69) is 0 Å². The lowest BCUT2D eigenvalue weighted by atomic mass is 9.97. The van der Waals surface area contributed by atoms with E-state index in [0.29, 0.717) is 30.3 Å². The lowest BCUT2D eigenvalue weighted by Gasteiger charge is -2.31. The molecule has 1 aromatic rings. The van der Waals surface area contributed by atoms with Gasteiger partial charge in [-0.05, 0) is 37.0 Å². The molecule has 1 amide bonds. The minimum atomic E-state index is -0.0886. The van der Waals surface area contributed by atoms with Crippen molar-refractivity contribution in [2.75, 3.05) is 26.8 Å². The van der Waals surface area contributed by atoms with Crippen LogP contribution in [-0.2, 0) is 0 Å². The second-order valence-corrected chi connectivity index (χ2v) is 4.80. The third-order valence-electron chi connectivity index (χ3n) is 3.59. The van der Waals surface area contributed by atoms with E-state index >= 15 is 0 Å². The zero-order chi connectivity index (χ0) is 13.8. The summed E-state index contributed by atoms with van der Waals surface area (Å²) in [7, 11) is 1.47. The van der Waals surface area contributed by atoms with Crippen LogP contribution >= 0.6 is 0 Å². The Morgan fingerprint density at radius 1 is 1.42 bits per heavy atom. The number of aliphatic hydroxyl groups excluding tert-OH is 1. The van der Waals surface area contributed by atoms with E-state index in [1.165, 1.54) is 13.2 Å². The Morgan fingerprint density at radius 2 is 2.11 bits per heavy atom. The summed E-state index contributed by atoms with van der Waals surface area (Å²) in [6.45, 7) is 1.49. The highest BCUT2D eigenvalue weighted by atomic mass is 16.5. The summed E-state index contributed by atoms with van der Waals surface area (Å²) >= 11 is 0. The highest BCUT2D eigenvalue weighted by Gasteiger charge is 2.23. The van der Waals surface area contributed by atoms with E-state index < -0.39 is 0 Å². The Kier molecular flexibility index (Phi) is 4.27. The van der Waals surface area contributed by atoms with Gasteiger partial charge in [-0.15, -0.1) is 0 Å². The SMILES string of the molecule is COc1ccc(C(=O)N2CCC(CO)CC2)cc1O. The number of hydrogen-bond acceptors (Lipinski definition) is 4. The number of piperidine rings is 1. The average Bonchev–Trinajstić information content (AvgIpc) is 2.46. The van der Waals surface area contributed by atoms with Gasteiger partial charge in [-0.1, -0.05) is 0 Å². The van der Waals surface area contributed by atoms with Crippen LogP contribution in [0.3, 0.4) is 0 Å². The van der Waals surface area contributed by atoms with Gasteiger partial charge in [0.05, 0.1) is 7.11 Å². The molecule has 1 aliphatic rings. The monoisotopic (exact) mass is 265 g/mol. The molecule has 0 spiro atoms. The molecule has 1 aromatic carbocycles. The van der Waals surface area contributed by atoms with E-state index in [9.17, 15) is 9.90 Å². The maximum Gasteiger partial charge on any atom is 0.253 e. The largest absolute Gasteiger partial charge is 0.504 e. The molecule has 1 saturated heterocycles. The summed E-state index contributed by atoms with van der Waals surface area (Å²) in [4.78, 5) is 14.0. The minimum absolute atomic E-state index is 0.0291. The molecule has 19 heavy (non-hydrogen) atoms. The van der Waals surface area contributed by atoms with E-state index in [4.69, 9.17) is 9.84 Å². The number of amides is 1. The Bertz CT molecular complexity index is 453. The maximum atomic E-state index is 12.3. The Hall–Kier alpha value is -1.75. The van der Waals surface area contributed by atoms with Crippen LogP contribution in [0, 0.1) is 5.92 Å². The molecule has 1 fully saturated rings. The highest BCUT2D eigenvalue weighted by molar-refractivity contribution is 5.95. The third-order valence-corrected chi connectivity index (χ3v) is 3.59. The number of aliphatic hydroxyl groups is 1. The van der Waals surface area contributed by atoms with Gasteiger partial charge >= 0.3 is 0 Å². The van der Waals surface area contributed by atoms with Gasteiger partial charge in [-0.3, -0.25) is 4.79 Å². The molecular formula is C14H19NO4. The predicted octanol–water partition coefficient (Wildman–Crippen LogP) is 1.25. The lowest BCUT2D eigenvalue weighted by Crippen LogP contribution is -2.39. The number of hydrogen-bond donors (Lipinski definition) is 2. The molecule has 0 aromatic heterocycles. The number of nitrogens with zero attached hydrogens (tertiary/aromatic N) is 1. The first-order valence-corrected chi connectivity index (χ1v) is 6.43. The zero-order valence-corrected chi connectivity index (χ0v) is 11.0. The molecule has 0 unspecified atom stereocenters. The Balaban J connectivity index is 2.06. The molecule has 0 aliphatic carbocycles. The molecule has 104 valence electrons. The first-order valence-electron chi connectivity index (χ1n) is 6.43. The number of aromatic hydroxyl groups is 1. The lowest BCUT2D eigenvalue weighted by molar-refractivity contribution is 0.0650. The fourth-order valence-corrected chi connectivity index (χ4v) is 2.32. The number of rotatable bonds is 3. The summed E-state index contributed by atoms with van der Waals surface area (Å²) in [5.74, 6) is 0.539. The molecular weight excluding hydrogens is 246 g/mol. The number of carbonyl (C=O) groups excluding carboxylic acids is 1. The molecule has 2 rings (SSSR count). The van der Waals surface area contributed by atoms with Gasteiger partial charge in [0.15, 0.2) is 11.5 Å². The van der Waals surface area contributed by atoms with Gasteiger partial charge in [0.2, 0.25) is 0 Å². The van der Waals surface area contributed by atoms with Gasteiger partial charge in [0.1, 0.15) is 0 Å². The molecule has 0 bridgehead atoms.